The maximum absolute atomic E-state index is 12.8. The zero-order valence-electron chi connectivity index (χ0n) is 12.1. The van der Waals surface area contributed by atoms with E-state index in [1.807, 2.05) is 78.7 Å². The van der Waals surface area contributed by atoms with E-state index in [1.165, 1.54) is 11.9 Å². The first-order valence-corrected chi connectivity index (χ1v) is 7.94. The summed E-state index contributed by atoms with van der Waals surface area (Å²) in [5, 5.41) is 0. The van der Waals surface area contributed by atoms with Crippen LogP contribution in [0.15, 0.2) is 66.9 Å². The van der Waals surface area contributed by atoms with Gasteiger partial charge >= 0.3 is 5.91 Å². The molecule has 1 amide bonds. The normalized spacial score (nSPS) is 19.4. The van der Waals surface area contributed by atoms with Crippen molar-refractivity contribution in [3.05, 3.63) is 72.6 Å². The lowest BCUT2D eigenvalue weighted by Gasteiger charge is -2.32. The van der Waals surface area contributed by atoms with Gasteiger partial charge in [0, 0.05) is 18.5 Å². The second kappa shape index (κ2) is 5.39. The van der Waals surface area contributed by atoms with Crippen molar-refractivity contribution < 1.29 is 4.79 Å². The van der Waals surface area contributed by atoms with Gasteiger partial charge < -0.3 is 4.57 Å². The Morgan fingerprint density at radius 3 is 2.33 bits per heavy atom. The molecule has 4 heteroatoms. The lowest BCUT2D eigenvalue weighted by Crippen LogP contribution is -2.47. The highest BCUT2D eigenvalue weighted by Gasteiger charge is 2.43. The molecule has 0 fully saturated rings. The molecule has 1 aliphatic rings. The van der Waals surface area contributed by atoms with Gasteiger partial charge in [-0.1, -0.05) is 36.4 Å². The summed E-state index contributed by atoms with van der Waals surface area (Å²) in [6.07, 6.45) is 3.91. The number of carbonyl (C=O) groups excluding carboxylic acids is 1. The quantitative estimate of drug-likeness (QED) is 0.587. The minimum absolute atomic E-state index is 0.0980. The van der Waals surface area contributed by atoms with Crippen LogP contribution in [-0.4, -0.2) is 23.8 Å². The first kappa shape index (κ1) is 13.9. The molecule has 0 saturated heterocycles. The van der Waals surface area contributed by atoms with Crippen molar-refractivity contribution in [3.8, 4) is 5.69 Å². The molecule has 0 N–H and O–H groups in total. The van der Waals surface area contributed by atoms with E-state index in [-0.39, 0.29) is 9.80 Å². The molecule has 1 atom stereocenters. The molecule has 3 nitrogen and oxygen atoms in total. The molecule has 106 valence electrons. The number of carbonyl (C=O) groups is 1. The summed E-state index contributed by atoms with van der Waals surface area (Å²) < 4.78 is 2.17. The molecule has 0 spiro atoms. The lowest BCUT2D eigenvalue weighted by atomic mass is 10.2. The Labute approximate surface area is 128 Å². The second-order valence-electron chi connectivity index (χ2n) is 4.93. The number of rotatable bonds is 1. The standard InChI is InChI=1S/C17H17N2OS/c1-19(21-2)16-12-8-6-4-3-5-7-10-14(16)18-13-9-11-15(18)17(19)20/h3-13H,1-2H3/q+1. The van der Waals surface area contributed by atoms with Gasteiger partial charge in [0.2, 0.25) is 0 Å². The first-order valence-electron chi connectivity index (χ1n) is 6.76. The van der Waals surface area contributed by atoms with Crippen LogP contribution in [0, 0.1) is 0 Å². The van der Waals surface area contributed by atoms with E-state index < -0.39 is 0 Å². The SMILES string of the molecule is CS[N+]1(C)C(=O)c2cccn2-c2ccccccccc21. The highest BCUT2D eigenvalue weighted by molar-refractivity contribution is 7.98. The minimum atomic E-state index is 0.0980. The average molecular weight is 297 g/mol. The molecule has 0 bridgehead atoms. The van der Waals surface area contributed by atoms with Gasteiger partial charge in [0.1, 0.15) is 5.69 Å². The fraction of sp³-hybridized carbons (Fsp3) is 0.118. The van der Waals surface area contributed by atoms with Crippen LogP contribution in [0.25, 0.3) is 5.69 Å². The van der Waals surface area contributed by atoms with Gasteiger partial charge in [0.05, 0.1) is 19.0 Å². The van der Waals surface area contributed by atoms with Gasteiger partial charge in [-0.05, 0) is 18.2 Å². The Morgan fingerprint density at radius 2 is 1.62 bits per heavy atom. The summed E-state index contributed by atoms with van der Waals surface area (Å²) in [4.78, 5) is 12.8. The van der Waals surface area contributed by atoms with E-state index >= 15 is 0 Å². The van der Waals surface area contributed by atoms with Crippen LogP contribution < -0.4 is 3.89 Å². The van der Waals surface area contributed by atoms with Crippen LogP contribution in [0.4, 0.5) is 5.69 Å². The van der Waals surface area contributed by atoms with E-state index in [9.17, 15) is 4.79 Å². The van der Waals surface area contributed by atoms with Crippen LogP contribution in [0.2, 0.25) is 0 Å². The van der Waals surface area contributed by atoms with Crippen molar-refractivity contribution in [3.63, 3.8) is 0 Å². The van der Waals surface area contributed by atoms with Crippen molar-refractivity contribution in [2.45, 2.75) is 0 Å². The van der Waals surface area contributed by atoms with Crippen molar-refractivity contribution in [2.24, 2.45) is 0 Å². The summed E-state index contributed by atoms with van der Waals surface area (Å²) in [5.74, 6) is 0.0980. The number of nitrogens with zero attached hydrogens (tertiary/aromatic N) is 2. The molecule has 1 unspecified atom stereocenters. The maximum Gasteiger partial charge on any atom is 0.379 e. The maximum atomic E-state index is 12.8. The molecular weight excluding hydrogens is 280 g/mol. The molecule has 1 aromatic heterocycles. The van der Waals surface area contributed by atoms with Gasteiger partial charge in [-0.25, -0.2) is 4.79 Å². The molecule has 1 aliphatic heterocycles. The van der Waals surface area contributed by atoms with E-state index in [0.29, 0.717) is 0 Å². The summed E-state index contributed by atoms with van der Waals surface area (Å²) in [7, 11) is 1.95. The van der Waals surface area contributed by atoms with Crippen LogP contribution in [0.1, 0.15) is 10.5 Å². The van der Waals surface area contributed by atoms with E-state index in [4.69, 9.17) is 0 Å². The van der Waals surface area contributed by atoms with Gasteiger partial charge in [0.25, 0.3) is 0 Å². The molecule has 0 saturated carbocycles. The molecule has 21 heavy (non-hydrogen) atoms. The van der Waals surface area contributed by atoms with Gasteiger partial charge in [-0.15, -0.1) is 0 Å². The Morgan fingerprint density at radius 1 is 0.952 bits per heavy atom. The number of quaternary nitrogens is 1. The Kier molecular flexibility index (Phi) is 3.57. The highest BCUT2D eigenvalue weighted by atomic mass is 32.2. The van der Waals surface area contributed by atoms with Crippen molar-refractivity contribution in [1.82, 2.24) is 8.46 Å². The van der Waals surface area contributed by atoms with Crippen molar-refractivity contribution in [1.29, 1.82) is 0 Å². The Balaban J connectivity index is 2.42. The van der Waals surface area contributed by atoms with E-state index in [2.05, 4.69) is 6.07 Å². The fourth-order valence-electron chi connectivity index (χ4n) is 2.56. The monoisotopic (exact) mass is 297 g/mol. The minimum Gasteiger partial charge on any atom is -0.304 e. The fourth-order valence-corrected chi connectivity index (χ4v) is 3.17. The van der Waals surface area contributed by atoms with Crippen molar-refractivity contribution in [2.75, 3.05) is 13.3 Å². The van der Waals surface area contributed by atoms with Crippen LogP contribution in [0.3, 0.4) is 0 Å². The summed E-state index contributed by atoms with van der Waals surface area (Å²) in [6, 6.07) is 19.8. The van der Waals surface area contributed by atoms with Crippen LogP contribution in [0.5, 0.6) is 0 Å². The lowest BCUT2D eigenvalue weighted by molar-refractivity contribution is 0.0881. The average Bonchev–Trinajstić information content (AvgIpc) is 2.99. The predicted octanol–water partition coefficient (Wildman–Crippen LogP) is 3.97. The molecule has 0 aliphatic carbocycles. The zero-order valence-corrected chi connectivity index (χ0v) is 12.9. The third-order valence-electron chi connectivity index (χ3n) is 3.77. The van der Waals surface area contributed by atoms with Crippen LogP contribution in [-0.2, 0) is 0 Å². The third kappa shape index (κ3) is 2.17. The van der Waals surface area contributed by atoms with Gasteiger partial charge in [-0.3, -0.25) is 0 Å². The number of amides is 1. The number of hydrogen-bond acceptors (Lipinski definition) is 2. The van der Waals surface area contributed by atoms with Crippen LogP contribution >= 0.6 is 11.9 Å². The Hall–Kier alpha value is -2.04. The number of hydrogen-bond donors (Lipinski definition) is 0. The second-order valence-corrected chi connectivity index (χ2v) is 6.03. The van der Waals surface area contributed by atoms with Crippen molar-refractivity contribution >= 4 is 23.5 Å². The molecule has 3 rings (SSSR count). The topological polar surface area (TPSA) is 22.0 Å². The summed E-state index contributed by atoms with van der Waals surface area (Å²) in [5.41, 5.74) is 2.73. The highest BCUT2D eigenvalue weighted by Crippen LogP contribution is 2.39. The summed E-state index contributed by atoms with van der Waals surface area (Å²) >= 11 is 1.53. The van der Waals surface area contributed by atoms with E-state index in [1.54, 1.807) is 0 Å². The predicted molar refractivity (Wildman–Crippen MR) is 89.0 cm³/mol. The molecule has 2 heterocycles. The molecule has 0 radical (unpaired) electrons. The van der Waals surface area contributed by atoms with Gasteiger partial charge in [0.15, 0.2) is 11.4 Å². The molecule has 2 aromatic rings. The first-order chi connectivity index (χ1) is 10.2. The molecular formula is C17H17N2OS+. The number of fused-ring (bicyclic) bond motifs is 3. The largest absolute Gasteiger partial charge is 0.379 e. The zero-order chi connectivity index (χ0) is 14.9. The molecule has 1 aromatic carbocycles. The Bertz CT molecular complexity index is 752. The third-order valence-corrected chi connectivity index (χ3v) is 4.86. The van der Waals surface area contributed by atoms with Gasteiger partial charge in [-0.2, -0.15) is 3.89 Å². The smallest absolute Gasteiger partial charge is 0.304 e. The van der Waals surface area contributed by atoms with E-state index in [0.717, 1.165) is 17.1 Å². The summed E-state index contributed by atoms with van der Waals surface area (Å²) in [6.45, 7) is 0. The number of aromatic nitrogens is 1.